The van der Waals surface area contributed by atoms with Gasteiger partial charge in [-0.1, -0.05) is 13.8 Å². The van der Waals surface area contributed by atoms with Crippen LogP contribution in [0, 0.1) is 5.92 Å². The predicted molar refractivity (Wildman–Crippen MR) is 67.3 cm³/mol. The van der Waals surface area contributed by atoms with Crippen LogP contribution in [0.3, 0.4) is 0 Å². The van der Waals surface area contributed by atoms with E-state index in [0.29, 0.717) is 18.9 Å². The third kappa shape index (κ3) is 5.79. The largest absolute Gasteiger partial charge is 0.327 e. The van der Waals surface area contributed by atoms with E-state index in [1.807, 2.05) is 13.8 Å². The summed E-state index contributed by atoms with van der Waals surface area (Å²) in [6.45, 7) is 8.11. The summed E-state index contributed by atoms with van der Waals surface area (Å²) in [6.07, 6.45) is 0.674. The SMILES string of the molecule is CC(C)NS(=O)(=O)N(C)CCC(N)C(C)C. The fourth-order valence-electron chi connectivity index (χ4n) is 1.17. The lowest BCUT2D eigenvalue weighted by Gasteiger charge is -2.22. The molecule has 0 fully saturated rings. The van der Waals surface area contributed by atoms with Crippen molar-refractivity contribution in [2.45, 2.75) is 46.2 Å². The Morgan fingerprint density at radius 1 is 1.25 bits per heavy atom. The van der Waals surface area contributed by atoms with Crippen molar-refractivity contribution < 1.29 is 8.42 Å². The Bertz CT molecular complexity index is 288. The molecular formula is C10H25N3O2S. The van der Waals surface area contributed by atoms with Crippen LogP contribution in [0.2, 0.25) is 0 Å². The highest BCUT2D eigenvalue weighted by atomic mass is 32.2. The van der Waals surface area contributed by atoms with Crippen molar-refractivity contribution in [1.29, 1.82) is 0 Å². The lowest BCUT2D eigenvalue weighted by Crippen LogP contribution is -2.43. The third-order valence-electron chi connectivity index (χ3n) is 2.43. The van der Waals surface area contributed by atoms with Gasteiger partial charge < -0.3 is 5.73 Å². The van der Waals surface area contributed by atoms with Crippen molar-refractivity contribution in [2.75, 3.05) is 13.6 Å². The van der Waals surface area contributed by atoms with Crippen LogP contribution < -0.4 is 10.5 Å². The van der Waals surface area contributed by atoms with Gasteiger partial charge in [0.05, 0.1) is 0 Å². The standard InChI is InChI=1S/C10H25N3O2S/c1-8(2)10(11)6-7-13(5)16(14,15)12-9(3)4/h8-10,12H,6-7,11H2,1-5H3. The van der Waals surface area contributed by atoms with Crippen molar-refractivity contribution in [3.8, 4) is 0 Å². The minimum Gasteiger partial charge on any atom is -0.327 e. The molecule has 6 heteroatoms. The number of nitrogens with one attached hydrogen (secondary N) is 1. The van der Waals surface area contributed by atoms with Crippen LogP contribution in [-0.4, -0.2) is 38.4 Å². The molecule has 0 aliphatic rings. The Balaban J connectivity index is 4.20. The second kappa shape index (κ2) is 6.54. The van der Waals surface area contributed by atoms with Gasteiger partial charge in [0.25, 0.3) is 10.2 Å². The van der Waals surface area contributed by atoms with E-state index in [2.05, 4.69) is 4.72 Å². The molecule has 0 amide bonds. The summed E-state index contributed by atoms with van der Waals surface area (Å²) in [4.78, 5) is 0. The van der Waals surface area contributed by atoms with Crippen LogP contribution >= 0.6 is 0 Å². The van der Waals surface area contributed by atoms with Gasteiger partial charge in [0.15, 0.2) is 0 Å². The monoisotopic (exact) mass is 251 g/mol. The Morgan fingerprint density at radius 3 is 2.12 bits per heavy atom. The van der Waals surface area contributed by atoms with E-state index < -0.39 is 10.2 Å². The van der Waals surface area contributed by atoms with Crippen molar-refractivity contribution in [1.82, 2.24) is 9.03 Å². The van der Waals surface area contributed by atoms with Crippen LogP contribution in [0.5, 0.6) is 0 Å². The smallest absolute Gasteiger partial charge is 0.279 e. The van der Waals surface area contributed by atoms with Crippen LogP contribution in [-0.2, 0) is 10.2 Å². The maximum absolute atomic E-state index is 11.7. The molecule has 0 aliphatic heterocycles. The Labute approximate surface area is 99.6 Å². The molecule has 0 aromatic carbocycles. The maximum Gasteiger partial charge on any atom is 0.279 e. The molecule has 0 aromatic heterocycles. The molecule has 0 bridgehead atoms. The van der Waals surface area contributed by atoms with Crippen molar-refractivity contribution in [2.24, 2.45) is 11.7 Å². The van der Waals surface area contributed by atoms with Gasteiger partial charge >= 0.3 is 0 Å². The summed E-state index contributed by atoms with van der Waals surface area (Å²) in [7, 11) is -1.79. The lowest BCUT2D eigenvalue weighted by atomic mass is 10.0. The van der Waals surface area contributed by atoms with E-state index in [9.17, 15) is 8.42 Å². The predicted octanol–water partition coefficient (Wildman–Crippen LogP) is 0.534. The molecule has 1 unspecified atom stereocenters. The Hall–Kier alpha value is -0.170. The number of nitrogens with two attached hydrogens (primary N) is 1. The molecule has 0 saturated carbocycles. The van der Waals surface area contributed by atoms with Gasteiger partial charge in [-0.2, -0.15) is 17.4 Å². The first-order valence-electron chi connectivity index (χ1n) is 5.66. The first-order chi connectivity index (χ1) is 7.16. The molecule has 16 heavy (non-hydrogen) atoms. The first-order valence-corrected chi connectivity index (χ1v) is 7.10. The van der Waals surface area contributed by atoms with E-state index in [1.165, 1.54) is 4.31 Å². The highest BCUT2D eigenvalue weighted by Gasteiger charge is 2.19. The summed E-state index contributed by atoms with van der Waals surface area (Å²) in [5.74, 6) is 0.370. The van der Waals surface area contributed by atoms with Crippen molar-refractivity contribution >= 4 is 10.2 Å². The average molecular weight is 251 g/mol. The molecule has 98 valence electrons. The van der Waals surface area contributed by atoms with Crippen LogP contribution in [0.4, 0.5) is 0 Å². The minimum atomic E-state index is -3.35. The highest BCUT2D eigenvalue weighted by Crippen LogP contribution is 2.05. The molecule has 0 aliphatic carbocycles. The summed E-state index contributed by atoms with van der Waals surface area (Å²) < 4.78 is 27.2. The molecule has 0 saturated heterocycles. The second-order valence-electron chi connectivity index (χ2n) is 4.80. The van der Waals surface area contributed by atoms with Gasteiger partial charge in [0.2, 0.25) is 0 Å². The average Bonchev–Trinajstić information content (AvgIpc) is 2.10. The molecule has 1 atom stereocenters. The molecule has 0 spiro atoms. The van der Waals surface area contributed by atoms with Crippen LogP contribution in [0.15, 0.2) is 0 Å². The normalized spacial score (nSPS) is 15.1. The van der Waals surface area contributed by atoms with Crippen molar-refractivity contribution in [3.05, 3.63) is 0 Å². The molecular weight excluding hydrogens is 226 g/mol. The summed E-state index contributed by atoms with van der Waals surface area (Å²) in [6, 6.07) is -0.0528. The molecule has 0 heterocycles. The molecule has 0 aromatic rings. The van der Waals surface area contributed by atoms with Gasteiger partial charge in [0.1, 0.15) is 0 Å². The Kier molecular flexibility index (Phi) is 6.47. The third-order valence-corrected chi connectivity index (χ3v) is 4.20. The number of nitrogens with zero attached hydrogens (tertiary/aromatic N) is 1. The second-order valence-corrected chi connectivity index (χ2v) is 6.60. The summed E-state index contributed by atoms with van der Waals surface area (Å²) in [5, 5.41) is 0. The molecule has 0 radical (unpaired) electrons. The van der Waals surface area contributed by atoms with E-state index in [4.69, 9.17) is 5.73 Å². The zero-order valence-corrected chi connectivity index (χ0v) is 11.7. The summed E-state index contributed by atoms with van der Waals surface area (Å²) in [5.41, 5.74) is 5.87. The lowest BCUT2D eigenvalue weighted by molar-refractivity contribution is 0.391. The maximum atomic E-state index is 11.7. The molecule has 0 rings (SSSR count). The highest BCUT2D eigenvalue weighted by molar-refractivity contribution is 7.87. The van der Waals surface area contributed by atoms with E-state index in [0.717, 1.165) is 0 Å². The Morgan fingerprint density at radius 2 is 1.75 bits per heavy atom. The van der Waals surface area contributed by atoms with Gasteiger partial charge in [-0.05, 0) is 26.2 Å². The van der Waals surface area contributed by atoms with Gasteiger partial charge in [-0.25, -0.2) is 0 Å². The van der Waals surface area contributed by atoms with E-state index in [-0.39, 0.29) is 12.1 Å². The van der Waals surface area contributed by atoms with Gasteiger partial charge in [-0.3, -0.25) is 0 Å². The van der Waals surface area contributed by atoms with E-state index >= 15 is 0 Å². The van der Waals surface area contributed by atoms with Gasteiger partial charge in [0, 0.05) is 25.7 Å². The fraction of sp³-hybridized carbons (Fsp3) is 1.00. The van der Waals surface area contributed by atoms with Crippen LogP contribution in [0.25, 0.3) is 0 Å². The summed E-state index contributed by atoms with van der Waals surface area (Å²) >= 11 is 0. The van der Waals surface area contributed by atoms with Gasteiger partial charge in [-0.15, -0.1) is 0 Å². The molecule has 5 nitrogen and oxygen atoms in total. The molecule has 3 N–H and O–H groups in total. The zero-order chi connectivity index (χ0) is 12.9. The quantitative estimate of drug-likeness (QED) is 0.693. The number of hydrogen-bond acceptors (Lipinski definition) is 3. The minimum absolute atomic E-state index is 0.0386. The zero-order valence-electron chi connectivity index (χ0n) is 10.9. The van der Waals surface area contributed by atoms with Crippen LogP contribution in [0.1, 0.15) is 34.1 Å². The van der Waals surface area contributed by atoms with E-state index in [1.54, 1.807) is 20.9 Å². The first kappa shape index (κ1) is 15.8. The number of hydrogen-bond donors (Lipinski definition) is 2. The van der Waals surface area contributed by atoms with Crippen molar-refractivity contribution in [3.63, 3.8) is 0 Å². The fourth-order valence-corrected chi connectivity index (χ4v) is 2.29. The number of rotatable bonds is 7. The topological polar surface area (TPSA) is 75.4 Å².